The molecule has 0 unspecified atom stereocenters. The molecule has 146 valence electrons. The maximum Gasteiger partial charge on any atom is 0.276 e. The highest BCUT2D eigenvalue weighted by Gasteiger charge is 2.15. The third kappa shape index (κ3) is 5.58. The number of carboxylic acids is 1. The lowest BCUT2D eigenvalue weighted by molar-refractivity contribution is -0.305. The fourth-order valence-corrected chi connectivity index (χ4v) is 3.23. The van der Waals surface area contributed by atoms with Gasteiger partial charge >= 0.3 is 0 Å². The number of rotatable bonds is 9. The SMILES string of the molecule is CCOc1ccc(S(=O)(=O)N/N=C(/C)c2cc(CCC(=O)[O-])oc2C)cc1. The van der Waals surface area contributed by atoms with E-state index < -0.39 is 16.0 Å². The number of sulfonamides is 1. The molecule has 0 aliphatic rings. The van der Waals surface area contributed by atoms with Crippen LogP contribution >= 0.6 is 0 Å². The zero-order chi connectivity index (χ0) is 20.0. The average molecular weight is 393 g/mol. The van der Waals surface area contributed by atoms with Gasteiger partial charge in [-0.15, -0.1) is 0 Å². The largest absolute Gasteiger partial charge is 0.550 e. The summed E-state index contributed by atoms with van der Waals surface area (Å²) < 4.78 is 35.5. The number of hydrazone groups is 1. The summed E-state index contributed by atoms with van der Waals surface area (Å²) in [6.45, 7) is 5.65. The van der Waals surface area contributed by atoms with Crippen molar-refractivity contribution >= 4 is 21.7 Å². The topological polar surface area (TPSA) is 121 Å². The maximum absolute atomic E-state index is 12.4. The van der Waals surface area contributed by atoms with E-state index in [1.165, 1.54) is 12.1 Å². The molecule has 27 heavy (non-hydrogen) atoms. The van der Waals surface area contributed by atoms with Crippen molar-refractivity contribution in [3.05, 3.63) is 47.4 Å². The molecular formula is C18H21N2O6S-. The number of carboxylic acid groups (broad SMARTS) is 1. The molecular weight excluding hydrogens is 372 g/mol. The van der Waals surface area contributed by atoms with Crippen LogP contribution in [-0.2, 0) is 21.2 Å². The summed E-state index contributed by atoms with van der Waals surface area (Å²) in [5.41, 5.74) is 0.989. The van der Waals surface area contributed by atoms with E-state index in [2.05, 4.69) is 9.93 Å². The van der Waals surface area contributed by atoms with E-state index in [0.29, 0.717) is 35.2 Å². The fourth-order valence-electron chi connectivity index (χ4n) is 2.37. The van der Waals surface area contributed by atoms with Crippen LogP contribution in [0.25, 0.3) is 0 Å². The molecule has 0 atom stereocenters. The Hall–Kier alpha value is -2.81. The van der Waals surface area contributed by atoms with Crippen molar-refractivity contribution in [2.24, 2.45) is 5.10 Å². The Labute approximate surface area is 157 Å². The van der Waals surface area contributed by atoms with Gasteiger partial charge in [0.25, 0.3) is 10.0 Å². The molecule has 1 aromatic carbocycles. The monoisotopic (exact) mass is 393 g/mol. The van der Waals surface area contributed by atoms with Crippen molar-refractivity contribution in [1.82, 2.24) is 4.83 Å². The zero-order valence-electron chi connectivity index (χ0n) is 15.3. The highest BCUT2D eigenvalue weighted by Crippen LogP contribution is 2.18. The molecule has 0 radical (unpaired) electrons. The first kappa shape index (κ1) is 20.5. The lowest BCUT2D eigenvalue weighted by atomic mass is 10.1. The highest BCUT2D eigenvalue weighted by molar-refractivity contribution is 7.89. The first-order chi connectivity index (χ1) is 12.7. The average Bonchev–Trinajstić information content (AvgIpc) is 3.00. The minimum atomic E-state index is -3.83. The number of ether oxygens (including phenoxy) is 1. The van der Waals surface area contributed by atoms with Crippen molar-refractivity contribution in [1.29, 1.82) is 0 Å². The maximum atomic E-state index is 12.4. The second kappa shape index (κ2) is 8.72. The molecule has 0 spiro atoms. The number of benzene rings is 1. The van der Waals surface area contributed by atoms with Crippen LogP contribution in [0.5, 0.6) is 5.75 Å². The molecule has 0 amide bonds. The number of aryl methyl sites for hydroxylation is 2. The lowest BCUT2D eigenvalue weighted by Gasteiger charge is -2.06. The molecule has 0 bridgehead atoms. The summed E-state index contributed by atoms with van der Waals surface area (Å²) in [5.74, 6) is 0.397. The van der Waals surface area contributed by atoms with Crippen LogP contribution in [0.2, 0.25) is 0 Å². The van der Waals surface area contributed by atoms with Crippen LogP contribution in [0.15, 0.2) is 44.7 Å². The summed E-state index contributed by atoms with van der Waals surface area (Å²) in [6.07, 6.45) is 0.0291. The highest BCUT2D eigenvalue weighted by atomic mass is 32.2. The van der Waals surface area contributed by atoms with Gasteiger partial charge in [-0.25, -0.2) is 0 Å². The Morgan fingerprint density at radius 2 is 1.96 bits per heavy atom. The second-order valence-electron chi connectivity index (χ2n) is 5.75. The Balaban J connectivity index is 2.12. The van der Waals surface area contributed by atoms with Crippen molar-refractivity contribution in [3.8, 4) is 5.75 Å². The van der Waals surface area contributed by atoms with Crippen LogP contribution in [0.1, 0.15) is 37.4 Å². The molecule has 0 saturated heterocycles. The second-order valence-corrected chi connectivity index (χ2v) is 7.41. The number of hydrogen-bond acceptors (Lipinski definition) is 7. The first-order valence-electron chi connectivity index (χ1n) is 8.31. The van der Waals surface area contributed by atoms with E-state index in [9.17, 15) is 18.3 Å². The van der Waals surface area contributed by atoms with Crippen molar-refractivity contribution in [2.75, 3.05) is 6.61 Å². The first-order valence-corrected chi connectivity index (χ1v) is 9.79. The van der Waals surface area contributed by atoms with E-state index >= 15 is 0 Å². The van der Waals surface area contributed by atoms with Gasteiger partial charge in [0.2, 0.25) is 0 Å². The summed E-state index contributed by atoms with van der Waals surface area (Å²) in [4.78, 5) is 12.8. The summed E-state index contributed by atoms with van der Waals surface area (Å²) in [7, 11) is -3.83. The molecule has 1 aromatic heterocycles. The number of furan rings is 1. The van der Waals surface area contributed by atoms with E-state index in [-0.39, 0.29) is 17.7 Å². The van der Waals surface area contributed by atoms with Gasteiger partial charge in [0.15, 0.2) is 0 Å². The number of carbonyl (C=O) groups excluding carboxylic acids is 1. The molecule has 0 aliphatic carbocycles. The molecule has 1 N–H and O–H groups in total. The van der Waals surface area contributed by atoms with Crippen LogP contribution in [0.3, 0.4) is 0 Å². The van der Waals surface area contributed by atoms with Crippen molar-refractivity contribution < 1.29 is 27.5 Å². The van der Waals surface area contributed by atoms with Crippen LogP contribution in [-0.4, -0.2) is 26.7 Å². The minimum absolute atomic E-state index is 0.0565. The molecule has 9 heteroatoms. The Kier molecular flexibility index (Phi) is 6.62. The summed E-state index contributed by atoms with van der Waals surface area (Å²) in [5, 5.41) is 14.5. The van der Waals surface area contributed by atoms with Crippen molar-refractivity contribution in [2.45, 2.75) is 38.5 Å². The van der Waals surface area contributed by atoms with Gasteiger partial charge in [0.05, 0.1) is 17.2 Å². The molecule has 0 saturated carbocycles. The molecule has 1 heterocycles. The van der Waals surface area contributed by atoms with Crippen LogP contribution in [0, 0.1) is 6.92 Å². The predicted molar refractivity (Wildman–Crippen MR) is 96.9 cm³/mol. The van der Waals surface area contributed by atoms with Gasteiger partial charge in [-0.1, -0.05) is 0 Å². The number of nitrogens with one attached hydrogen (secondary N) is 1. The van der Waals surface area contributed by atoms with Crippen molar-refractivity contribution in [3.63, 3.8) is 0 Å². The summed E-state index contributed by atoms with van der Waals surface area (Å²) in [6, 6.07) is 7.64. The number of carbonyl (C=O) groups is 1. The predicted octanol–water partition coefficient (Wildman–Crippen LogP) is 1.37. The molecule has 2 rings (SSSR count). The smallest absolute Gasteiger partial charge is 0.276 e. The Morgan fingerprint density at radius 1 is 1.30 bits per heavy atom. The third-order valence-corrected chi connectivity index (χ3v) is 4.94. The zero-order valence-corrected chi connectivity index (χ0v) is 16.1. The van der Waals surface area contributed by atoms with Gasteiger partial charge in [-0.05, 0) is 57.5 Å². The van der Waals surface area contributed by atoms with Crippen LogP contribution < -0.4 is 14.7 Å². The van der Waals surface area contributed by atoms with Gasteiger partial charge < -0.3 is 19.1 Å². The minimum Gasteiger partial charge on any atom is -0.550 e. The standard InChI is InChI=1S/C18H22N2O6S/c1-4-25-14-5-8-16(9-6-14)27(23,24)20-19-12(2)17-11-15(26-13(17)3)7-10-18(21)22/h5-6,8-9,11,20H,4,7,10H2,1-3H3,(H,21,22)/p-1/b19-12-. The normalized spacial score (nSPS) is 12.0. The molecule has 0 aliphatic heterocycles. The quantitative estimate of drug-likeness (QED) is 0.507. The number of nitrogens with zero attached hydrogens (tertiary/aromatic N) is 1. The molecule has 8 nitrogen and oxygen atoms in total. The van der Waals surface area contributed by atoms with Gasteiger partial charge in [-0.3, -0.25) is 0 Å². The number of hydrogen-bond donors (Lipinski definition) is 1. The molecule has 2 aromatic rings. The van der Waals surface area contributed by atoms with E-state index in [1.807, 2.05) is 6.92 Å². The Bertz CT molecular complexity index is 929. The third-order valence-electron chi connectivity index (χ3n) is 3.71. The fraction of sp³-hybridized carbons (Fsp3) is 0.333. The van der Waals surface area contributed by atoms with Gasteiger partial charge in [0, 0.05) is 18.0 Å². The molecule has 0 fully saturated rings. The van der Waals surface area contributed by atoms with Crippen LogP contribution in [0.4, 0.5) is 0 Å². The lowest BCUT2D eigenvalue weighted by Crippen LogP contribution is -2.22. The summed E-state index contributed by atoms with van der Waals surface area (Å²) >= 11 is 0. The Morgan fingerprint density at radius 3 is 2.56 bits per heavy atom. The van der Waals surface area contributed by atoms with Gasteiger partial charge in [0.1, 0.15) is 17.3 Å². The van der Waals surface area contributed by atoms with Gasteiger partial charge in [-0.2, -0.15) is 18.4 Å². The number of aliphatic carboxylic acids is 1. The van der Waals surface area contributed by atoms with E-state index in [4.69, 9.17) is 9.15 Å². The van der Waals surface area contributed by atoms with E-state index in [1.54, 1.807) is 32.0 Å². The van der Waals surface area contributed by atoms with E-state index in [0.717, 1.165) is 0 Å².